The molecule has 3 heterocycles. The second-order valence-electron chi connectivity index (χ2n) is 7.21. The number of benzene rings is 2. The van der Waals surface area contributed by atoms with Crippen molar-refractivity contribution in [1.29, 1.82) is 0 Å². The molecule has 1 fully saturated rings. The summed E-state index contributed by atoms with van der Waals surface area (Å²) in [7, 11) is -2.44. The van der Waals surface area contributed by atoms with E-state index in [4.69, 9.17) is 4.74 Å². The number of methoxy groups -OCH3 is 1. The van der Waals surface area contributed by atoms with Crippen LogP contribution in [0, 0.1) is 0 Å². The summed E-state index contributed by atoms with van der Waals surface area (Å²) in [4.78, 5) is 12.9. The maximum Gasteiger partial charge on any atom is 0.246 e. The molecule has 11 heteroatoms. The number of β-amino-alcohol motifs (C(OH)–C–C–N with tert-alkyl or cyclic N) is 1. The zero-order chi connectivity index (χ0) is 21.6. The molecule has 9 nitrogen and oxygen atoms in total. The van der Waals surface area contributed by atoms with Crippen molar-refractivity contribution in [3.8, 4) is 5.75 Å². The third kappa shape index (κ3) is 3.59. The Balaban J connectivity index is 1.61. The molecule has 1 unspecified atom stereocenters. The first-order valence-electron chi connectivity index (χ1n) is 9.57. The van der Waals surface area contributed by atoms with Crippen LogP contribution >= 0.6 is 11.3 Å². The van der Waals surface area contributed by atoms with Gasteiger partial charge in [0, 0.05) is 30.2 Å². The molecule has 5 rings (SSSR count). The third-order valence-electron chi connectivity index (χ3n) is 5.26. The van der Waals surface area contributed by atoms with Crippen molar-refractivity contribution in [2.75, 3.05) is 25.5 Å². The SMILES string of the molecule is COc1cc2ncnc(Nc3ccc4scnc4c3)c2cc1S(=O)(=O)N1CCC(O)C1. The van der Waals surface area contributed by atoms with E-state index in [0.29, 0.717) is 23.1 Å². The number of nitrogens with zero attached hydrogens (tertiary/aromatic N) is 4. The predicted molar refractivity (Wildman–Crippen MR) is 118 cm³/mol. The number of rotatable bonds is 5. The maximum absolute atomic E-state index is 13.3. The van der Waals surface area contributed by atoms with Crippen LogP contribution in [0.1, 0.15) is 6.42 Å². The van der Waals surface area contributed by atoms with Gasteiger partial charge in [-0.1, -0.05) is 0 Å². The monoisotopic (exact) mass is 457 g/mol. The van der Waals surface area contributed by atoms with Gasteiger partial charge in [-0.25, -0.2) is 23.4 Å². The Morgan fingerprint density at radius 3 is 2.84 bits per heavy atom. The molecular formula is C20H19N5O4S2. The average Bonchev–Trinajstić information content (AvgIpc) is 3.42. The van der Waals surface area contributed by atoms with E-state index in [9.17, 15) is 13.5 Å². The lowest BCUT2D eigenvalue weighted by Gasteiger charge is -2.19. The Kier molecular flexibility index (Phi) is 4.97. The number of aliphatic hydroxyl groups excluding tert-OH is 1. The Bertz CT molecular complexity index is 1390. The molecule has 2 aromatic heterocycles. The highest BCUT2D eigenvalue weighted by Gasteiger charge is 2.34. The summed E-state index contributed by atoms with van der Waals surface area (Å²) in [6.45, 7) is 0.322. The third-order valence-corrected chi connectivity index (χ3v) is 7.95. The average molecular weight is 458 g/mol. The maximum atomic E-state index is 13.3. The van der Waals surface area contributed by atoms with Gasteiger partial charge in [-0.15, -0.1) is 11.3 Å². The van der Waals surface area contributed by atoms with Crippen LogP contribution in [0.15, 0.2) is 47.1 Å². The molecule has 0 bridgehead atoms. The van der Waals surface area contributed by atoms with Crippen LogP contribution in [0.25, 0.3) is 21.1 Å². The van der Waals surface area contributed by atoms with Crippen LogP contribution in [0.4, 0.5) is 11.5 Å². The van der Waals surface area contributed by atoms with Crippen LogP contribution in [-0.4, -0.2) is 59.1 Å². The number of aromatic nitrogens is 3. The number of aliphatic hydroxyl groups is 1. The Labute approximate surface area is 182 Å². The van der Waals surface area contributed by atoms with E-state index in [-0.39, 0.29) is 23.7 Å². The highest BCUT2D eigenvalue weighted by molar-refractivity contribution is 7.89. The molecule has 2 N–H and O–H groups in total. The minimum atomic E-state index is -3.86. The van der Waals surface area contributed by atoms with E-state index in [1.165, 1.54) is 23.8 Å². The first kappa shape index (κ1) is 20.1. The molecule has 1 atom stereocenters. The van der Waals surface area contributed by atoms with Crippen molar-refractivity contribution < 1.29 is 18.3 Å². The molecule has 31 heavy (non-hydrogen) atoms. The van der Waals surface area contributed by atoms with E-state index >= 15 is 0 Å². The number of anilines is 2. The Morgan fingerprint density at radius 1 is 1.19 bits per heavy atom. The van der Waals surface area contributed by atoms with Gasteiger partial charge in [0.05, 0.1) is 34.5 Å². The Morgan fingerprint density at radius 2 is 2.06 bits per heavy atom. The zero-order valence-electron chi connectivity index (χ0n) is 16.5. The highest BCUT2D eigenvalue weighted by Crippen LogP contribution is 2.35. The van der Waals surface area contributed by atoms with Crippen LogP contribution in [0.3, 0.4) is 0 Å². The molecule has 0 radical (unpaired) electrons. The van der Waals surface area contributed by atoms with E-state index in [2.05, 4.69) is 20.3 Å². The van der Waals surface area contributed by atoms with Gasteiger partial charge in [0.25, 0.3) is 0 Å². The minimum Gasteiger partial charge on any atom is -0.495 e. The highest BCUT2D eigenvalue weighted by atomic mass is 32.2. The van der Waals surface area contributed by atoms with Crippen molar-refractivity contribution in [3.63, 3.8) is 0 Å². The number of thiazole rings is 1. The lowest BCUT2D eigenvalue weighted by Crippen LogP contribution is -2.30. The summed E-state index contributed by atoms with van der Waals surface area (Å²) >= 11 is 1.56. The van der Waals surface area contributed by atoms with Gasteiger partial charge in [0.15, 0.2) is 0 Å². The van der Waals surface area contributed by atoms with Crippen molar-refractivity contribution in [2.24, 2.45) is 0 Å². The van der Waals surface area contributed by atoms with Gasteiger partial charge in [0.1, 0.15) is 22.8 Å². The van der Waals surface area contributed by atoms with E-state index < -0.39 is 16.1 Å². The smallest absolute Gasteiger partial charge is 0.246 e. The lowest BCUT2D eigenvalue weighted by atomic mass is 10.2. The van der Waals surface area contributed by atoms with Crippen molar-refractivity contribution >= 4 is 54.0 Å². The van der Waals surface area contributed by atoms with Gasteiger partial charge in [-0.05, 0) is 30.7 Å². The van der Waals surface area contributed by atoms with E-state index in [1.807, 2.05) is 18.2 Å². The molecule has 0 spiro atoms. The molecule has 160 valence electrons. The summed E-state index contributed by atoms with van der Waals surface area (Å²) in [6.07, 6.45) is 1.16. The fourth-order valence-corrected chi connectivity index (χ4v) is 5.98. The van der Waals surface area contributed by atoms with Crippen molar-refractivity contribution in [2.45, 2.75) is 17.4 Å². The van der Waals surface area contributed by atoms with Crippen molar-refractivity contribution in [3.05, 3.63) is 42.2 Å². The van der Waals surface area contributed by atoms with Crippen LogP contribution in [0.2, 0.25) is 0 Å². The first-order valence-corrected chi connectivity index (χ1v) is 11.9. The van der Waals surface area contributed by atoms with Gasteiger partial charge < -0.3 is 15.2 Å². The second-order valence-corrected chi connectivity index (χ2v) is 10.0. The van der Waals surface area contributed by atoms with Gasteiger partial charge in [-0.2, -0.15) is 4.31 Å². The van der Waals surface area contributed by atoms with E-state index in [1.54, 1.807) is 22.9 Å². The summed E-state index contributed by atoms with van der Waals surface area (Å²) in [5, 5.41) is 13.6. The number of fused-ring (bicyclic) bond motifs is 2. The van der Waals surface area contributed by atoms with Crippen LogP contribution in [0.5, 0.6) is 5.75 Å². The molecule has 1 aliphatic heterocycles. The normalized spacial score (nSPS) is 17.4. The molecule has 2 aromatic carbocycles. The molecule has 0 saturated carbocycles. The molecule has 1 aliphatic rings. The largest absolute Gasteiger partial charge is 0.495 e. The fraction of sp³-hybridized carbons (Fsp3) is 0.250. The number of ether oxygens (including phenoxy) is 1. The quantitative estimate of drug-likeness (QED) is 0.470. The van der Waals surface area contributed by atoms with E-state index in [0.717, 1.165) is 15.9 Å². The zero-order valence-corrected chi connectivity index (χ0v) is 18.2. The molecular weight excluding hydrogens is 438 g/mol. The van der Waals surface area contributed by atoms with Gasteiger partial charge in [-0.3, -0.25) is 0 Å². The standard InChI is InChI=1S/C20H19N5O4S2/c1-29-17-8-15-14(7-19(17)31(27,28)25-5-4-13(26)9-25)20(22-10-21-15)24-12-2-3-18-16(6-12)23-11-30-18/h2-3,6-8,10-11,13,26H,4-5,9H2,1H3,(H,21,22,24). The fourth-order valence-electron chi connectivity index (χ4n) is 3.67. The Hall–Kier alpha value is -2.86. The number of nitrogens with one attached hydrogen (secondary N) is 1. The molecule has 0 amide bonds. The lowest BCUT2D eigenvalue weighted by molar-refractivity contribution is 0.189. The number of hydrogen-bond acceptors (Lipinski definition) is 9. The summed E-state index contributed by atoms with van der Waals surface area (Å²) in [5.41, 5.74) is 3.98. The van der Waals surface area contributed by atoms with Gasteiger partial charge in [0.2, 0.25) is 10.0 Å². The summed E-state index contributed by atoms with van der Waals surface area (Å²) < 4.78 is 34.2. The molecule has 0 aliphatic carbocycles. The van der Waals surface area contributed by atoms with Gasteiger partial charge >= 0.3 is 0 Å². The van der Waals surface area contributed by atoms with Crippen LogP contribution < -0.4 is 10.1 Å². The summed E-state index contributed by atoms with van der Waals surface area (Å²) in [5.74, 6) is 0.669. The second kappa shape index (κ2) is 7.68. The minimum absolute atomic E-state index is 0.0180. The number of sulfonamides is 1. The van der Waals surface area contributed by atoms with Crippen LogP contribution in [-0.2, 0) is 10.0 Å². The molecule has 4 aromatic rings. The summed E-state index contributed by atoms with van der Waals surface area (Å²) in [6, 6.07) is 8.91. The topological polar surface area (TPSA) is 118 Å². The molecule has 1 saturated heterocycles. The first-order chi connectivity index (χ1) is 15.0. The predicted octanol–water partition coefficient (Wildman–Crippen LogP) is 2.75. The number of hydrogen-bond donors (Lipinski definition) is 2. The van der Waals surface area contributed by atoms with Crippen molar-refractivity contribution in [1.82, 2.24) is 19.3 Å².